The third kappa shape index (κ3) is 4.57. The first-order chi connectivity index (χ1) is 4.85. The number of hydrogen-bond acceptors (Lipinski definition) is 1. The zero-order valence-electron chi connectivity index (χ0n) is 7.06. The van der Waals surface area contributed by atoms with Crippen LogP contribution in [0.25, 0.3) is 0 Å². The van der Waals surface area contributed by atoms with E-state index >= 15 is 0 Å². The molecule has 0 aromatic carbocycles. The lowest BCUT2D eigenvalue weighted by Crippen LogP contribution is -1.84. The number of rotatable bonds is 5. The molecule has 0 saturated carbocycles. The van der Waals surface area contributed by atoms with Crippen molar-refractivity contribution < 1.29 is 5.11 Å². The summed E-state index contributed by atoms with van der Waals surface area (Å²) in [6.45, 7) is 4.52. The van der Waals surface area contributed by atoms with Gasteiger partial charge in [-0.25, -0.2) is 0 Å². The van der Waals surface area contributed by atoms with Crippen molar-refractivity contribution in [2.45, 2.75) is 39.5 Å². The number of aliphatic hydroxyl groups is 1. The van der Waals surface area contributed by atoms with Gasteiger partial charge >= 0.3 is 0 Å². The first kappa shape index (κ1) is 9.70. The molecule has 1 N–H and O–H groups in total. The third-order valence-electron chi connectivity index (χ3n) is 1.69. The second-order valence-electron chi connectivity index (χ2n) is 2.50. The van der Waals surface area contributed by atoms with E-state index in [4.69, 9.17) is 5.11 Å². The summed E-state index contributed by atoms with van der Waals surface area (Å²) in [6, 6.07) is 0. The summed E-state index contributed by atoms with van der Waals surface area (Å²) in [5, 5.41) is 8.59. The highest BCUT2D eigenvalue weighted by Crippen LogP contribution is 2.09. The maximum atomic E-state index is 8.59. The molecule has 0 spiro atoms. The van der Waals surface area contributed by atoms with Crippen molar-refractivity contribution >= 4 is 0 Å². The van der Waals surface area contributed by atoms with Crippen LogP contribution in [0, 0.1) is 0 Å². The molecule has 0 heterocycles. The lowest BCUT2D eigenvalue weighted by Gasteiger charge is -2.00. The van der Waals surface area contributed by atoms with Crippen LogP contribution in [0.15, 0.2) is 11.6 Å². The minimum Gasteiger partial charge on any atom is -0.392 e. The highest BCUT2D eigenvalue weighted by atomic mass is 16.2. The van der Waals surface area contributed by atoms with Crippen molar-refractivity contribution in [3.63, 3.8) is 0 Å². The van der Waals surface area contributed by atoms with Crippen molar-refractivity contribution in [2.24, 2.45) is 0 Å². The fraction of sp³-hybridized carbons (Fsp3) is 0.778. The molecule has 0 aliphatic carbocycles. The van der Waals surface area contributed by atoms with E-state index in [9.17, 15) is 0 Å². The van der Waals surface area contributed by atoms with Crippen molar-refractivity contribution in [2.75, 3.05) is 6.61 Å². The Hall–Kier alpha value is -0.300. The molecule has 0 aliphatic rings. The first-order valence-electron chi connectivity index (χ1n) is 4.13. The molecule has 60 valence electrons. The van der Waals surface area contributed by atoms with E-state index in [-0.39, 0.29) is 6.61 Å². The molecule has 0 saturated heterocycles. The minimum absolute atomic E-state index is 0.201. The fourth-order valence-corrected chi connectivity index (χ4v) is 0.956. The molecule has 0 aromatic rings. The Morgan fingerprint density at radius 3 is 2.50 bits per heavy atom. The van der Waals surface area contributed by atoms with Gasteiger partial charge in [-0.05, 0) is 19.3 Å². The topological polar surface area (TPSA) is 20.2 Å². The van der Waals surface area contributed by atoms with Gasteiger partial charge in [0, 0.05) is 0 Å². The van der Waals surface area contributed by atoms with Crippen molar-refractivity contribution in [3.05, 3.63) is 11.6 Å². The van der Waals surface area contributed by atoms with E-state index in [1.54, 1.807) is 0 Å². The molecule has 0 aromatic heterocycles. The van der Waals surface area contributed by atoms with E-state index in [0.29, 0.717) is 0 Å². The summed E-state index contributed by atoms with van der Waals surface area (Å²) >= 11 is 0. The summed E-state index contributed by atoms with van der Waals surface area (Å²) in [7, 11) is 0. The highest BCUT2D eigenvalue weighted by Gasteiger charge is 1.91. The van der Waals surface area contributed by atoms with E-state index < -0.39 is 0 Å². The zero-order chi connectivity index (χ0) is 7.82. The van der Waals surface area contributed by atoms with Gasteiger partial charge in [0.05, 0.1) is 6.61 Å². The summed E-state index contributed by atoms with van der Waals surface area (Å²) < 4.78 is 0. The lowest BCUT2D eigenvalue weighted by atomic mass is 10.1. The van der Waals surface area contributed by atoms with Crippen molar-refractivity contribution in [3.8, 4) is 0 Å². The Kier molecular flexibility index (Phi) is 6.61. The van der Waals surface area contributed by atoms with Crippen LogP contribution in [0.4, 0.5) is 0 Å². The second kappa shape index (κ2) is 6.81. The molecule has 0 bridgehead atoms. The van der Waals surface area contributed by atoms with Crippen LogP contribution in [-0.4, -0.2) is 11.7 Å². The Morgan fingerprint density at radius 2 is 2.10 bits per heavy atom. The van der Waals surface area contributed by atoms with Crippen LogP contribution in [0.3, 0.4) is 0 Å². The van der Waals surface area contributed by atoms with Crippen LogP contribution < -0.4 is 0 Å². The molecule has 0 rings (SSSR count). The normalized spacial score (nSPS) is 12.1. The van der Waals surface area contributed by atoms with Crippen LogP contribution in [0.1, 0.15) is 39.5 Å². The fourth-order valence-electron chi connectivity index (χ4n) is 0.956. The van der Waals surface area contributed by atoms with E-state index in [1.165, 1.54) is 18.4 Å². The van der Waals surface area contributed by atoms with E-state index in [1.807, 2.05) is 6.08 Å². The molecule has 0 atom stereocenters. The van der Waals surface area contributed by atoms with Gasteiger partial charge in [0.15, 0.2) is 0 Å². The largest absolute Gasteiger partial charge is 0.392 e. The highest BCUT2D eigenvalue weighted by molar-refractivity contribution is 5.00. The third-order valence-corrected chi connectivity index (χ3v) is 1.69. The Labute approximate surface area is 63.8 Å². The Bertz CT molecular complexity index is 94.9. The molecular formula is C9H18O. The van der Waals surface area contributed by atoms with Crippen LogP contribution in [0.2, 0.25) is 0 Å². The predicted octanol–water partition coefficient (Wildman–Crippen LogP) is 2.51. The van der Waals surface area contributed by atoms with Gasteiger partial charge in [-0.15, -0.1) is 0 Å². The summed E-state index contributed by atoms with van der Waals surface area (Å²) in [4.78, 5) is 0. The summed E-state index contributed by atoms with van der Waals surface area (Å²) in [5.74, 6) is 0. The van der Waals surface area contributed by atoms with E-state index in [0.717, 1.165) is 12.8 Å². The minimum atomic E-state index is 0.201. The van der Waals surface area contributed by atoms with Gasteiger partial charge in [-0.1, -0.05) is 31.9 Å². The molecule has 0 unspecified atom stereocenters. The Balaban J connectivity index is 3.49. The maximum Gasteiger partial charge on any atom is 0.0615 e. The molecule has 0 radical (unpaired) electrons. The average molecular weight is 142 g/mol. The number of unbranched alkanes of at least 4 members (excludes halogenated alkanes) is 1. The first-order valence-corrected chi connectivity index (χ1v) is 4.13. The van der Waals surface area contributed by atoms with Crippen molar-refractivity contribution in [1.82, 2.24) is 0 Å². The predicted molar refractivity (Wildman–Crippen MR) is 45.0 cm³/mol. The lowest BCUT2D eigenvalue weighted by molar-refractivity contribution is 0.341. The zero-order valence-corrected chi connectivity index (χ0v) is 7.06. The average Bonchev–Trinajstić information content (AvgIpc) is 1.98. The number of allylic oxidation sites excluding steroid dienone is 1. The van der Waals surface area contributed by atoms with Gasteiger partial charge in [-0.3, -0.25) is 0 Å². The van der Waals surface area contributed by atoms with Gasteiger partial charge in [0.1, 0.15) is 0 Å². The van der Waals surface area contributed by atoms with E-state index in [2.05, 4.69) is 13.8 Å². The smallest absolute Gasteiger partial charge is 0.0615 e. The van der Waals surface area contributed by atoms with Crippen LogP contribution in [0.5, 0.6) is 0 Å². The maximum absolute atomic E-state index is 8.59. The number of aliphatic hydroxyl groups excluding tert-OH is 1. The monoisotopic (exact) mass is 142 g/mol. The quantitative estimate of drug-likeness (QED) is 0.585. The molecule has 0 fully saturated rings. The SMILES string of the molecule is CCCCC(=CCO)CC. The van der Waals surface area contributed by atoms with Gasteiger partial charge in [-0.2, -0.15) is 0 Å². The molecule has 0 aliphatic heterocycles. The van der Waals surface area contributed by atoms with Gasteiger partial charge in [0.2, 0.25) is 0 Å². The van der Waals surface area contributed by atoms with Crippen LogP contribution >= 0.6 is 0 Å². The summed E-state index contributed by atoms with van der Waals surface area (Å²) in [6.07, 6.45) is 6.66. The number of hydrogen-bond donors (Lipinski definition) is 1. The summed E-state index contributed by atoms with van der Waals surface area (Å²) in [5.41, 5.74) is 1.39. The molecule has 1 heteroatoms. The van der Waals surface area contributed by atoms with Crippen molar-refractivity contribution in [1.29, 1.82) is 0 Å². The molecule has 1 nitrogen and oxygen atoms in total. The van der Waals surface area contributed by atoms with Gasteiger partial charge in [0.25, 0.3) is 0 Å². The molecular weight excluding hydrogens is 124 g/mol. The Morgan fingerprint density at radius 1 is 1.40 bits per heavy atom. The van der Waals surface area contributed by atoms with Gasteiger partial charge < -0.3 is 5.11 Å². The molecule has 10 heavy (non-hydrogen) atoms. The standard InChI is InChI=1S/C9H18O/c1-3-5-6-9(4-2)7-8-10/h7,10H,3-6,8H2,1-2H3. The second-order valence-corrected chi connectivity index (χ2v) is 2.50. The molecule has 0 amide bonds. The van der Waals surface area contributed by atoms with Crippen LogP contribution in [-0.2, 0) is 0 Å².